The molecule has 2 aromatic rings. The quantitative estimate of drug-likeness (QED) is 0.692. The summed E-state index contributed by atoms with van der Waals surface area (Å²) in [7, 11) is 0. The molecule has 1 heterocycles. The van der Waals surface area contributed by atoms with Gasteiger partial charge in [-0.3, -0.25) is 4.79 Å². The van der Waals surface area contributed by atoms with Crippen molar-refractivity contribution in [1.29, 1.82) is 0 Å². The van der Waals surface area contributed by atoms with E-state index in [4.69, 9.17) is 5.11 Å². The second-order valence-corrected chi connectivity index (χ2v) is 7.06. The molecule has 1 unspecified atom stereocenters. The maximum atomic E-state index is 12.5. The maximum Gasteiger partial charge on any atom is 0.253 e. The molecule has 1 aromatic heterocycles. The molecule has 0 saturated heterocycles. The number of hydrogen-bond donors (Lipinski definition) is 3. The average Bonchev–Trinajstić information content (AvgIpc) is 2.81. The van der Waals surface area contributed by atoms with Gasteiger partial charge in [0.25, 0.3) is 5.91 Å². The third-order valence-electron chi connectivity index (χ3n) is 3.53. The maximum absolute atomic E-state index is 12.5. The van der Waals surface area contributed by atoms with Gasteiger partial charge >= 0.3 is 0 Å². The Morgan fingerprint density at radius 2 is 2.00 bits per heavy atom. The Balaban J connectivity index is 2.29. The summed E-state index contributed by atoms with van der Waals surface area (Å²) < 4.78 is 1.84. The van der Waals surface area contributed by atoms with Crippen LogP contribution in [0.15, 0.2) is 27.3 Å². The van der Waals surface area contributed by atoms with Crippen LogP contribution in [0.2, 0.25) is 0 Å². The molecule has 1 aromatic carbocycles. The van der Waals surface area contributed by atoms with Crippen molar-refractivity contribution in [2.45, 2.75) is 26.3 Å². The molecule has 3 N–H and O–H groups in total. The fraction of sp³-hybridized carbons (Fsp3) is 0.400. The highest BCUT2D eigenvalue weighted by atomic mass is 79.9. The molecule has 0 fully saturated rings. The summed E-state index contributed by atoms with van der Waals surface area (Å²) in [6.45, 7) is 4.13. The van der Waals surface area contributed by atoms with Crippen LogP contribution in [0.4, 0.5) is 0 Å². The first-order valence-electron chi connectivity index (χ1n) is 6.82. The average molecular weight is 418 g/mol. The summed E-state index contributed by atoms with van der Waals surface area (Å²) in [5, 5.41) is 13.0. The van der Waals surface area contributed by atoms with Crippen LogP contribution in [0.3, 0.4) is 0 Å². The fourth-order valence-corrected chi connectivity index (χ4v) is 2.95. The lowest BCUT2D eigenvalue weighted by Crippen LogP contribution is -2.39. The highest BCUT2D eigenvalue weighted by molar-refractivity contribution is 9.13. The second-order valence-electron chi connectivity index (χ2n) is 5.35. The highest BCUT2D eigenvalue weighted by Gasteiger charge is 2.19. The lowest BCUT2D eigenvalue weighted by molar-refractivity contribution is 0.0918. The Labute approximate surface area is 140 Å². The van der Waals surface area contributed by atoms with Crippen molar-refractivity contribution < 1.29 is 9.90 Å². The molecular formula is C15H18Br2N2O2. The molecule has 114 valence electrons. The molecule has 1 atom stereocenters. The van der Waals surface area contributed by atoms with Gasteiger partial charge in [0.1, 0.15) is 0 Å². The predicted octanol–water partition coefficient (Wildman–Crippen LogP) is 3.83. The first-order chi connectivity index (χ1) is 9.93. The van der Waals surface area contributed by atoms with Gasteiger partial charge in [-0.1, -0.05) is 13.8 Å². The van der Waals surface area contributed by atoms with Crippen LogP contribution < -0.4 is 5.32 Å². The van der Waals surface area contributed by atoms with E-state index in [2.05, 4.69) is 42.2 Å². The van der Waals surface area contributed by atoms with Crippen LogP contribution in [0.25, 0.3) is 10.9 Å². The molecule has 0 spiro atoms. The minimum atomic E-state index is -0.123. The van der Waals surface area contributed by atoms with Gasteiger partial charge in [0, 0.05) is 38.7 Å². The summed E-state index contributed by atoms with van der Waals surface area (Å²) in [6, 6.07) is 3.82. The summed E-state index contributed by atoms with van der Waals surface area (Å²) >= 11 is 6.91. The van der Waals surface area contributed by atoms with Crippen LogP contribution in [0.5, 0.6) is 0 Å². The second kappa shape index (κ2) is 6.94. The molecule has 4 nitrogen and oxygen atoms in total. The number of aromatic nitrogens is 1. The number of rotatable bonds is 5. The highest BCUT2D eigenvalue weighted by Crippen LogP contribution is 2.30. The molecule has 21 heavy (non-hydrogen) atoms. The van der Waals surface area contributed by atoms with E-state index in [1.165, 1.54) is 0 Å². The number of aromatic amines is 1. The number of aliphatic hydroxyl groups is 1. The van der Waals surface area contributed by atoms with Gasteiger partial charge in [-0.05, 0) is 56.3 Å². The third kappa shape index (κ3) is 3.67. The standard InChI is InChI=1S/C15H18Br2N2O2/c1-8(2)13(3-4-20)19-15(21)10-7-18-14-6-12(17)11(16)5-9(10)14/h5-8,13,18,20H,3-4H2,1-2H3,(H,19,21). The van der Waals surface area contributed by atoms with Crippen LogP contribution in [0.1, 0.15) is 30.6 Å². The van der Waals surface area contributed by atoms with Gasteiger partial charge in [-0.15, -0.1) is 0 Å². The minimum Gasteiger partial charge on any atom is -0.396 e. The Morgan fingerprint density at radius 3 is 2.62 bits per heavy atom. The normalized spacial score (nSPS) is 12.9. The summed E-state index contributed by atoms with van der Waals surface area (Å²) in [5.41, 5.74) is 1.51. The number of aliphatic hydroxyl groups excluding tert-OH is 1. The minimum absolute atomic E-state index is 0.0358. The molecule has 0 radical (unpaired) electrons. The third-order valence-corrected chi connectivity index (χ3v) is 5.37. The van der Waals surface area contributed by atoms with Gasteiger partial charge in [0.15, 0.2) is 0 Å². The van der Waals surface area contributed by atoms with Crippen LogP contribution >= 0.6 is 31.9 Å². The van der Waals surface area contributed by atoms with Gasteiger partial charge in [-0.2, -0.15) is 0 Å². The Bertz CT molecular complexity index is 652. The molecule has 6 heteroatoms. The van der Waals surface area contributed by atoms with Gasteiger partial charge < -0.3 is 15.4 Å². The monoisotopic (exact) mass is 416 g/mol. The number of nitrogens with one attached hydrogen (secondary N) is 2. The molecule has 0 saturated carbocycles. The number of halogens is 2. The van der Waals surface area contributed by atoms with E-state index in [0.29, 0.717) is 12.0 Å². The van der Waals surface area contributed by atoms with Gasteiger partial charge in [-0.25, -0.2) is 0 Å². The smallest absolute Gasteiger partial charge is 0.253 e. The van der Waals surface area contributed by atoms with Crippen LogP contribution in [-0.4, -0.2) is 28.6 Å². The molecule has 0 aliphatic carbocycles. The number of carbonyl (C=O) groups excluding carboxylic acids is 1. The van der Waals surface area contributed by atoms with E-state index in [9.17, 15) is 4.79 Å². The van der Waals surface area contributed by atoms with Crippen molar-refractivity contribution in [1.82, 2.24) is 10.3 Å². The van der Waals surface area contributed by atoms with E-state index in [0.717, 1.165) is 19.8 Å². The number of fused-ring (bicyclic) bond motifs is 1. The van der Waals surface area contributed by atoms with Crippen molar-refractivity contribution in [2.24, 2.45) is 5.92 Å². The zero-order chi connectivity index (χ0) is 15.6. The van der Waals surface area contributed by atoms with E-state index in [1.54, 1.807) is 6.20 Å². The predicted molar refractivity (Wildman–Crippen MR) is 91.5 cm³/mol. The molecule has 0 aliphatic heterocycles. The summed E-state index contributed by atoms with van der Waals surface area (Å²) in [6.07, 6.45) is 2.27. The summed E-state index contributed by atoms with van der Waals surface area (Å²) in [5.74, 6) is 0.148. The van der Waals surface area contributed by atoms with Crippen LogP contribution in [-0.2, 0) is 0 Å². The van der Waals surface area contributed by atoms with Gasteiger partial charge in [0.05, 0.1) is 5.56 Å². The molecule has 0 bridgehead atoms. The number of benzene rings is 1. The molecular weight excluding hydrogens is 400 g/mol. The number of carbonyl (C=O) groups is 1. The zero-order valence-corrected chi connectivity index (χ0v) is 15.1. The topological polar surface area (TPSA) is 65.1 Å². The molecule has 0 aliphatic rings. The molecule has 1 amide bonds. The first-order valence-corrected chi connectivity index (χ1v) is 8.40. The fourth-order valence-electron chi connectivity index (χ4n) is 2.26. The van der Waals surface area contributed by atoms with Crippen molar-refractivity contribution in [2.75, 3.05) is 6.61 Å². The Morgan fingerprint density at radius 1 is 1.33 bits per heavy atom. The van der Waals surface area contributed by atoms with E-state index < -0.39 is 0 Å². The molecule has 2 rings (SSSR count). The van der Waals surface area contributed by atoms with Crippen molar-refractivity contribution in [3.63, 3.8) is 0 Å². The zero-order valence-electron chi connectivity index (χ0n) is 11.9. The van der Waals surface area contributed by atoms with Crippen LogP contribution in [0, 0.1) is 5.92 Å². The van der Waals surface area contributed by atoms with E-state index in [-0.39, 0.29) is 24.5 Å². The lowest BCUT2D eigenvalue weighted by Gasteiger charge is -2.21. The number of amides is 1. The SMILES string of the molecule is CC(C)C(CCO)NC(=O)c1c[nH]c2cc(Br)c(Br)cc12. The largest absolute Gasteiger partial charge is 0.396 e. The first kappa shape index (κ1) is 16.5. The Hall–Kier alpha value is -0.850. The Kier molecular flexibility index (Phi) is 5.46. The van der Waals surface area contributed by atoms with E-state index in [1.807, 2.05) is 26.0 Å². The number of H-pyrrole nitrogens is 1. The van der Waals surface area contributed by atoms with Crippen molar-refractivity contribution >= 4 is 48.7 Å². The summed E-state index contributed by atoms with van der Waals surface area (Å²) in [4.78, 5) is 15.6. The van der Waals surface area contributed by atoms with E-state index >= 15 is 0 Å². The van der Waals surface area contributed by atoms with Crippen molar-refractivity contribution in [3.05, 3.63) is 32.8 Å². The lowest BCUT2D eigenvalue weighted by atomic mass is 10.0. The van der Waals surface area contributed by atoms with Gasteiger partial charge in [0.2, 0.25) is 0 Å². The number of hydrogen-bond acceptors (Lipinski definition) is 2. The van der Waals surface area contributed by atoms with Crippen molar-refractivity contribution in [3.8, 4) is 0 Å².